The Labute approximate surface area is 110 Å². The van der Waals surface area contributed by atoms with E-state index in [0.717, 1.165) is 5.69 Å². The molecule has 0 radical (unpaired) electrons. The van der Waals surface area contributed by atoms with Crippen LogP contribution in [0.4, 0.5) is 5.69 Å². The third kappa shape index (κ3) is 2.87. The van der Waals surface area contributed by atoms with E-state index in [1.165, 1.54) is 24.0 Å². The van der Waals surface area contributed by atoms with Gasteiger partial charge in [0.1, 0.15) is 5.01 Å². The molecule has 94 valence electrons. The van der Waals surface area contributed by atoms with Crippen LogP contribution in [0.25, 0.3) is 0 Å². The van der Waals surface area contributed by atoms with Crippen LogP contribution in [-0.2, 0) is 9.53 Å². The van der Waals surface area contributed by atoms with Crippen molar-refractivity contribution in [1.82, 2.24) is 4.98 Å². The van der Waals surface area contributed by atoms with Gasteiger partial charge in [0.2, 0.25) is 0 Å². The number of rotatable bonds is 4. The van der Waals surface area contributed by atoms with Crippen LogP contribution in [0.5, 0.6) is 0 Å². The summed E-state index contributed by atoms with van der Waals surface area (Å²) < 4.78 is 4.80. The molecule has 0 aliphatic rings. The largest absolute Gasteiger partial charge is 0.467 e. The highest BCUT2D eigenvalue weighted by Gasteiger charge is 2.23. The number of hydrogen-bond acceptors (Lipinski definition) is 5. The molecule has 2 aromatic rings. The van der Waals surface area contributed by atoms with E-state index in [1.807, 2.05) is 36.6 Å². The Morgan fingerprint density at radius 1 is 1.39 bits per heavy atom. The average molecular weight is 262 g/mol. The van der Waals surface area contributed by atoms with Gasteiger partial charge in [-0.25, -0.2) is 9.78 Å². The van der Waals surface area contributed by atoms with Gasteiger partial charge in [-0.3, -0.25) is 0 Å². The van der Waals surface area contributed by atoms with Crippen LogP contribution in [0, 0.1) is 6.92 Å². The van der Waals surface area contributed by atoms with E-state index in [2.05, 4.69) is 10.3 Å². The van der Waals surface area contributed by atoms with Crippen LogP contribution in [0.2, 0.25) is 0 Å². The molecule has 1 heterocycles. The summed E-state index contributed by atoms with van der Waals surface area (Å²) in [6.07, 6.45) is 1.67. The minimum absolute atomic E-state index is 0.342. The molecule has 0 spiro atoms. The highest BCUT2D eigenvalue weighted by molar-refractivity contribution is 7.09. The van der Waals surface area contributed by atoms with E-state index < -0.39 is 6.04 Å². The van der Waals surface area contributed by atoms with Gasteiger partial charge in [0.25, 0.3) is 0 Å². The molecule has 0 saturated carbocycles. The minimum Gasteiger partial charge on any atom is -0.467 e. The molecule has 4 nitrogen and oxygen atoms in total. The van der Waals surface area contributed by atoms with Gasteiger partial charge in [-0.1, -0.05) is 17.7 Å². The molecule has 5 heteroatoms. The number of esters is 1. The molecule has 1 aromatic carbocycles. The summed E-state index contributed by atoms with van der Waals surface area (Å²) >= 11 is 1.42. The standard InChI is InChI=1S/C13H14N2O2S/c1-9-3-5-10(6-4-9)15-11(13(16)17-2)12-14-7-8-18-12/h3-8,11,15H,1-2H3. The zero-order chi connectivity index (χ0) is 13.0. The Balaban J connectivity index is 2.20. The van der Waals surface area contributed by atoms with Crippen LogP contribution in [-0.4, -0.2) is 18.1 Å². The third-order valence-corrected chi connectivity index (χ3v) is 3.34. The van der Waals surface area contributed by atoms with E-state index in [0.29, 0.717) is 5.01 Å². The molecule has 0 aliphatic heterocycles. The molecule has 0 amide bonds. The Bertz CT molecular complexity index is 508. The van der Waals surface area contributed by atoms with Crippen molar-refractivity contribution in [3.63, 3.8) is 0 Å². The van der Waals surface area contributed by atoms with Crippen LogP contribution < -0.4 is 5.32 Å². The van der Waals surface area contributed by atoms with Crippen LogP contribution in [0.15, 0.2) is 35.8 Å². The Hall–Kier alpha value is -1.88. The van der Waals surface area contributed by atoms with Crippen molar-refractivity contribution in [2.24, 2.45) is 0 Å². The van der Waals surface area contributed by atoms with Gasteiger partial charge in [-0.2, -0.15) is 0 Å². The highest BCUT2D eigenvalue weighted by atomic mass is 32.1. The SMILES string of the molecule is COC(=O)C(Nc1ccc(C)cc1)c1nccs1. The van der Waals surface area contributed by atoms with Gasteiger partial charge in [0, 0.05) is 17.3 Å². The first kappa shape index (κ1) is 12.6. The number of thiazole rings is 1. The maximum atomic E-state index is 11.8. The Morgan fingerprint density at radius 3 is 2.67 bits per heavy atom. The van der Waals surface area contributed by atoms with Crippen molar-refractivity contribution in [3.05, 3.63) is 46.4 Å². The number of ether oxygens (including phenoxy) is 1. The number of methoxy groups -OCH3 is 1. The predicted octanol–water partition coefficient (Wildman–Crippen LogP) is 2.78. The number of anilines is 1. The Kier molecular flexibility index (Phi) is 3.94. The number of benzene rings is 1. The fourth-order valence-corrected chi connectivity index (χ4v) is 2.21. The molecule has 0 aliphatic carbocycles. The number of hydrogen-bond donors (Lipinski definition) is 1. The van der Waals surface area contributed by atoms with E-state index >= 15 is 0 Å². The molecule has 0 bridgehead atoms. The first-order chi connectivity index (χ1) is 8.70. The molecule has 1 unspecified atom stereocenters. The van der Waals surface area contributed by atoms with Crippen molar-refractivity contribution in [2.75, 3.05) is 12.4 Å². The molecular weight excluding hydrogens is 248 g/mol. The van der Waals surface area contributed by atoms with Gasteiger partial charge in [0.15, 0.2) is 6.04 Å². The summed E-state index contributed by atoms with van der Waals surface area (Å²) in [5.74, 6) is -0.342. The van der Waals surface area contributed by atoms with Crippen molar-refractivity contribution in [1.29, 1.82) is 0 Å². The van der Waals surface area contributed by atoms with Crippen molar-refractivity contribution < 1.29 is 9.53 Å². The molecule has 1 N–H and O–H groups in total. The van der Waals surface area contributed by atoms with Crippen LogP contribution >= 0.6 is 11.3 Å². The number of aryl methyl sites for hydroxylation is 1. The summed E-state index contributed by atoms with van der Waals surface area (Å²) in [5, 5.41) is 5.66. The summed E-state index contributed by atoms with van der Waals surface area (Å²) in [6, 6.07) is 7.27. The molecule has 1 atom stereocenters. The van der Waals surface area contributed by atoms with E-state index in [9.17, 15) is 4.79 Å². The first-order valence-corrected chi connectivity index (χ1v) is 6.39. The summed E-state index contributed by atoms with van der Waals surface area (Å²) in [5.41, 5.74) is 2.04. The monoisotopic (exact) mass is 262 g/mol. The number of carbonyl (C=O) groups is 1. The zero-order valence-corrected chi connectivity index (χ0v) is 11.0. The highest BCUT2D eigenvalue weighted by Crippen LogP contribution is 2.22. The second-order valence-electron chi connectivity index (χ2n) is 3.84. The summed E-state index contributed by atoms with van der Waals surface area (Å²) in [6.45, 7) is 2.02. The molecule has 2 rings (SSSR count). The maximum absolute atomic E-state index is 11.8. The second kappa shape index (κ2) is 5.64. The summed E-state index contributed by atoms with van der Waals surface area (Å²) in [4.78, 5) is 15.9. The quantitative estimate of drug-likeness (QED) is 0.861. The third-order valence-electron chi connectivity index (χ3n) is 2.50. The van der Waals surface area contributed by atoms with Gasteiger partial charge in [-0.05, 0) is 19.1 Å². The zero-order valence-electron chi connectivity index (χ0n) is 10.2. The Morgan fingerprint density at radius 2 is 2.11 bits per heavy atom. The maximum Gasteiger partial charge on any atom is 0.335 e. The fourth-order valence-electron chi connectivity index (χ4n) is 1.53. The molecular formula is C13H14N2O2S. The van der Waals surface area contributed by atoms with Gasteiger partial charge in [-0.15, -0.1) is 11.3 Å². The van der Waals surface area contributed by atoms with Gasteiger partial charge in [0.05, 0.1) is 7.11 Å². The van der Waals surface area contributed by atoms with Gasteiger partial charge < -0.3 is 10.1 Å². The smallest absolute Gasteiger partial charge is 0.335 e. The number of carbonyl (C=O) groups excluding carboxylic acids is 1. The molecule has 18 heavy (non-hydrogen) atoms. The lowest BCUT2D eigenvalue weighted by atomic mass is 10.2. The summed E-state index contributed by atoms with van der Waals surface area (Å²) in [7, 11) is 1.37. The molecule has 1 aromatic heterocycles. The second-order valence-corrected chi connectivity index (χ2v) is 4.76. The lowest BCUT2D eigenvalue weighted by Gasteiger charge is -2.15. The van der Waals surface area contributed by atoms with Crippen LogP contribution in [0.3, 0.4) is 0 Å². The van der Waals surface area contributed by atoms with E-state index in [1.54, 1.807) is 6.20 Å². The van der Waals surface area contributed by atoms with Gasteiger partial charge >= 0.3 is 5.97 Å². The number of aromatic nitrogens is 1. The topological polar surface area (TPSA) is 51.2 Å². The van der Waals surface area contributed by atoms with Crippen molar-refractivity contribution in [3.8, 4) is 0 Å². The number of nitrogens with one attached hydrogen (secondary N) is 1. The van der Waals surface area contributed by atoms with Crippen molar-refractivity contribution >= 4 is 23.0 Å². The van der Waals surface area contributed by atoms with Crippen LogP contribution in [0.1, 0.15) is 16.6 Å². The number of nitrogens with zero attached hydrogens (tertiary/aromatic N) is 1. The molecule has 0 saturated heterocycles. The van der Waals surface area contributed by atoms with Crippen molar-refractivity contribution in [2.45, 2.75) is 13.0 Å². The first-order valence-electron chi connectivity index (χ1n) is 5.51. The van der Waals surface area contributed by atoms with E-state index in [4.69, 9.17) is 4.74 Å². The minimum atomic E-state index is -0.558. The molecule has 0 fully saturated rings. The average Bonchev–Trinajstić information content (AvgIpc) is 2.91. The predicted molar refractivity (Wildman–Crippen MR) is 71.7 cm³/mol. The van der Waals surface area contributed by atoms with E-state index in [-0.39, 0.29) is 5.97 Å². The lowest BCUT2D eigenvalue weighted by molar-refractivity contribution is -0.141. The lowest BCUT2D eigenvalue weighted by Crippen LogP contribution is -2.22. The fraction of sp³-hybridized carbons (Fsp3) is 0.231. The normalized spacial score (nSPS) is 11.9.